The van der Waals surface area contributed by atoms with Gasteiger partial charge >= 0.3 is 0 Å². The van der Waals surface area contributed by atoms with E-state index in [-0.39, 0.29) is 23.5 Å². The van der Waals surface area contributed by atoms with Gasteiger partial charge in [-0.3, -0.25) is 4.79 Å². The van der Waals surface area contributed by atoms with Crippen molar-refractivity contribution in [3.63, 3.8) is 0 Å². The number of methoxy groups -OCH3 is 1. The number of rotatable bonds is 5. The number of hydrogen-bond donors (Lipinski definition) is 2. The van der Waals surface area contributed by atoms with Crippen LogP contribution in [0.2, 0.25) is 5.02 Å². The third kappa shape index (κ3) is 3.37. The van der Waals surface area contributed by atoms with Gasteiger partial charge in [0, 0.05) is 31.9 Å². The van der Waals surface area contributed by atoms with Crippen LogP contribution in [0.5, 0.6) is 0 Å². The van der Waals surface area contributed by atoms with Crippen LogP contribution in [0.4, 0.5) is 4.39 Å². The molecule has 126 valence electrons. The van der Waals surface area contributed by atoms with Crippen LogP contribution < -0.4 is 10.6 Å². The summed E-state index contributed by atoms with van der Waals surface area (Å²) in [7, 11) is 1.70. The topological polar surface area (TPSA) is 50.4 Å². The van der Waals surface area contributed by atoms with E-state index in [0.29, 0.717) is 36.0 Å². The van der Waals surface area contributed by atoms with Gasteiger partial charge in [0.2, 0.25) is 5.91 Å². The molecule has 4 nitrogen and oxygen atoms in total. The lowest BCUT2D eigenvalue weighted by Gasteiger charge is -2.28. The van der Waals surface area contributed by atoms with E-state index >= 15 is 0 Å². The lowest BCUT2D eigenvalue weighted by Crippen LogP contribution is -2.50. The molecule has 2 fully saturated rings. The van der Waals surface area contributed by atoms with Crippen molar-refractivity contribution in [2.45, 2.75) is 32.0 Å². The van der Waals surface area contributed by atoms with Crippen LogP contribution in [-0.2, 0) is 16.1 Å². The number of hydrogen-bond acceptors (Lipinski definition) is 3. The largest absolute Gasteiger partial charge is 0.384 e. The molecule has 5 atom stereocenters. The number of nitrogens with one attached hydrogen (secondary N) is 2. The highest BCUT2D eigenvalue weighted by atomic mass is 35.5. The summed E-state index contributed by atoms with van der Waals surface area (Å²) in [6.07, 6.45) is 0.753. The van der Waals surface area contributed by atoms with Crippen molar-refractivity contribution in [1.82, 2.24) is 10.6 Å². The number of piperidine rings is 1. The zero-order valence-electron chi connectivity index (χ0n) is 13.3. The molecule has 1 aliphatic heterocycles. The molecule has 0 bridgehead atoms. The number of benzene rings is 1. The van der Waals surface area contributed by atoms with Gasteiger partial charge in [0.05, 0.1) is 11.1 Å². The molecular formula is C17H22ClFN2O2. The third-order valence-corrected chi connectivity index (χ3v) is 5.40. The second-order valence-electron chi connectivity index (χ2n) is 6.56. The molecule has 0 aromatic heterocycles. The molecule has 1 amide bonds. The number of halogens is 2. The minimum Gasteiger partial charge on any atom is -0.384 e. The van der Waals surface area contributed by atoms with E-state index in [1.54, 1.807) is 19.2 Å². The van der Waals surface area contributed by atoms with Crippen LogP contribution in [0, 0.1) is 23.6 Å². The Kier molecular flexibility index (Phi) is 4.90. The average molecular weight is 341 g/mol. The molecule has 1 aromatic rings. The fourth-order valence-corrected chi connectivity index (χ4v) is 4.00. The monoisotopic (exact) mass is 340 g/mol. The molecule has 23 heavy (non-hydrogen) atoms. The molecule has 6 heteroatoms. The SMILES string of the molecule is COC[C@@H]1C[C@@H](C(=O)NCc2cccc(Cl)c2F)N[C@H]2[C@@H](C)[C@H]12. The van der Waals surface area contributed by atoms with Gasteiger partial charge in [0.1, 0.15) is 5.82 Å². The van der Waals surface area contributed by atoms with Crippen LogP contribution in [0.25, 0.3) is 0 Å². The summed E-state index contributed by atoms with van der Waals surface area (Å²) in [6, 6.07) is 4.94. The van der Waals surface area contributed by atoms with Gasteiger partial charge in [-0.1, -0.05) is 30.7 Å². The summed E-state index contributed by atoms with van der Waals surface area (Å²) >= 11 is 5.76. The summed E-state index contributed by atoms with van der Waals surface area (Å²) < 4.78 is 19.2. The van der Waals surface area contributed by atoms with Gasteiger partial charge in [-0.25, -0.2) is 4.39 Å². The van der Waals surface area contributed by atoms with E-state index in [1.165, 1.54) is 6.07 Å². The van der Waals surface area contributed by atoms with E-state index in [0.717, 1.165) is 6.42 Å². The first-order valence-electron chi connectivity index (χ1n) is 7.98. The zero-order chi connectivity index (χ0) is 16.6. The Bertz CT molecular complexity index is 598. The second-order valence-corrected chi connectivity index (χ2v) is 6.97. The standard InChI is InChI=1S/C17H22ClFN2O2/c1-9-14-11(8-23-2)6-13(21-16(9)14)17(22)20-7-10-4-3-5-12(18)15(10)19/h3-5,9,11,13-14,16,21H,6-8H2,1-2H3,(H,20,22)/t9-,11-,13-,14+,16-/m0/s1. The third-order valence-electron chi connectivity index (χ3n) is 5.11. The van der Waals surface area contributed by atoms with Crippen molar-refractivity contribution in [2.75, 3.05) is 13.7 Å². The average Bonchev–Trinajstić information content (AvgIpc) is 3.19. The quantitative estimate of drug-likeness (QED) is 0.865. The van der Waals surface area contributed by atoms with Gasteiger partial charge in [-0.15, -0.1) is 0 Å². The number of carbonyl (C=O) groups excluding carboxylic acids is 1. The van der Waals surface area contributed by atoms with Gasteiger partial charge in [-0.05, 0) is 30.2 Å². The van der Waals surface area contributed by atoms with E-state index in [1.807, 2.05) is 0 Å². The van der Waals surface area contributed by atoms with Crippen LogP contribution in [-0.4, -0.2) is 31.7 Å². The molecule has 1 saturated heterocycles. The molecule has 0 spiro atoms. The first-order chi connectivity index (χ1) is 11.0. The van der Waals surface area contributed by atoms with E-state index < -0.39 is 5.82 Å². The lowest BCUT2D eigenvalue weighted by molar-refractivity contribution is -0.124. The molecule has 0 unspecified atom stereocenters. The van der Waals surface area contributed by atoms with Crippen LogP contribution in [0.1, 0.15) is 18.9 Å². The van der Waals surface area contributed by atoms with E-state index in [4.69, 9.17) is 16.3 Å². The fraction of sp³-hybridized carbons (Fsp3) is 0.588. The summed E-state index contributed by atoms with van der Waals surface area (Å²) in [6.45, 7) is 3.02. The molecule has 2 N–H and O–H groups in total. The number of carbonyl (C=O) groups is 1. The maximum absolute atomic E-state index is 13.9. The predicted octanol–water partition coefficient (Wildman–Crippen LogP) is 2.35. The summed E-state index contributed by atoms with van der Waals surface area (Å²) in [5, 5.41) is 6.29. The number of fused-ring (bicyclic) bond motifs is 1. The van der Waals surface area contributed by atoms with Crippen LogP contribution in [0.3, 0.4) is 0 Å². The summed E-state index contributed by atoms with van der Waals surface area (Å²) in [4.78, 5) is 12.4. The van der Waals surface area contributed by atoms with E-state index in [9.17, 15) is 9.18 Å². The van der Waals surface area contributed by atoms with Crippen molar-refractivity contribution in [1.29, 1.82) is 0 Å². The number of ether oxygens (including phenoxy) is 1. The van der Waals surface area contributed by atoms with Crippen molar-refractivity contribution in [3.05, 3.63) is 34.6 Å². The predicted molar refractivity (Wildman–Crippen MR) is 86.6 cm³/mol. The maximum Gasteiger partial charge on any atom is 0.237 e. The zero-order valence-corrected chi connectivity index (χ0v) is 14.1. The first kappa shape index (κ1) is 16.7. The molecule has 1 aliphatic carbocycles. The smallest absolute Gasteiger partial charge is 0.237 e. The molecular weight excluding hydrogens is 319 g/mol. The summed E-state index contributed by atoms with van der Waals surface area (Å²) in [5.74, 6) is 1.02. The Balaban J connectivity index is 1.59. The molecule has 0 radical (unpaired) electrons. The minimum absolute atomic E-state index is 0.0716. The Morgan fingerprint density at radius 2 is 2.30 bits per heavy atom. The fourth-order valence-electron chi connectivity index (χ4n) is 3.81. The second kappa shape index (κ2) is 6.75. The van der Waals surface area contributed by atoms with E-state index in [2.05, 4.69) is 17.6 Å². The lowest BCUT2D eigenvalue weighted by atomic mass is 9.91. The Labute approximate surface area is 140 Å². The molecule has 2 aliphatic rings. The maximum atomic E-state index is 13.9. The molecule has 1 aromatic carbocycles. The van der Waals surface area contributed by atoms with Crippen molar-refractivity contribution in [2.24, 2.45) is 17.8 Å². The van der Waals surface area contributed by atoms with Gasteiger partial charge in [-0.2, -0.15) is 0 Å². The van der Waals surface area contributed by atoms with Crippen LogP contribution in [0.15, 0.2) is 18.2 Å². The number of amides is 1. The Morgan fingerprint density at radius 1 is 1.52 bits per heavy atom. The normalized spacial score (nSPS) is 32.3. The molecule has 1 saturated carbocycles. The van der Waals surface area contributed by atoms with Gasteiger partial charge in [0.15, 0.2) is 0 Å². The highest BCUT2D eigenvalue weighted by Gasteiger charge is 2.55. The first-order valence-corrected chi connectivity index (χ1v) is 8.36. The van der Waals surface area contributed by atoms with Gasteiger partial charge < -0.3 is 15.4 Å². The van der Waals surface area contributed by atoms with Crippen molar-refractivity contribution < 1.29 is 13.9 Å². The van der Waals surface area contributed by atoms with Crippen LogP contribution >= 0.6 is 11.6 Å². The molecule has 1 heterocycles. The Morgan fingerprint density at radius 3 is 3.04 bits per heavy atom. The Hall–Kier alpha value is -1.17. The summed E-state index contributed by atoms with van der Waals surface area (Å²) in [5.41, 5.74) is 0.396. The van der Waals surface area contributed by atoms with Crippen molar-refractivity contribution in [3.8, 4) is 0 Å². The molecule has 3 rings (SSSR count). The highest BCUT2D eigenvalue weighted by molar-refractivity contribution is 6.30. The van der Waals surface area contributed by atoms with Crippen molar-refractivity contribution >= 4 is 17.5 Å². The minimum atomic E-state index is -0.473. The highest BCUT2D eigenvalue weighted by Crippen LogP contribution is 2.49. The van der Waals surface area contributed by atoms with Gasteiger partial charge in [0.25, 0.3) is 0 Å².